The zero-order valence-electron chi connectivity index (χ0n) is 16.4. The molecule has 1 heterocycles. The predicted octanol–water partition coefficient (Wildman–Crippen LogP) is 4.19. The number of benzene rings is 3. The van der Waals surface area contributed by atoms with Gasteiger partial charge in [0.15, 0.2) is 0 Å². The Morgan fingerprint density at radius 2 is 1.65 bits per heavy atom. The zero-order chi connectivity index (χ0) is 22.0. The molecule has 0 aromatic heterocycles. The predicted molar refractivity (Wildman–Crippen MR) is 114 cm³/mol. The first-order valence-corrected chi connectivity index (χ1v) is 9.63. The van der Waals surface area contributed by atoms with Crippen molar-refractivity contribution in [2.75, 3.05) is 4.90 Å². The van der Waals surface area contributed by atoms with E-state index in [0.717, 1.165) is 5.56 Å². The number of nitro benzene ring substituents is 1. The highest BCUT2D eigenvalue weighted by Gasteiger charge is 2.31. The van der Waals surface area contributed by atoms with Gasteiger partial charge < -0.3 is 10.5 Å². The number of rotatable bonds is 4. The molecule has 0 saturated carbocycles. The molecule has 3 aromatic carbocycles. The highest BCUT2D eigenvalue weighted by molar-refractivity contribution is 6.00. The summed E-state index contributed by atoms with van der Waals surface area (Å²) in [6.07, 6.45) is -0.270. The van der Waals surface area contributed by atoms with Gasteiger partial charge in [0.1, 0.15) is 6.10 Å². The van der Waals surface area contributed by atoms with Crippen molar-refractivity contribution in [1.82, 2.24) is 0 Å². The number of nitrogens with two attached hydrogens (primary N) is 1. The Labute approximate surface area is 178 Å². The van der Waals surface area contributed by atoms with E-state index < -0.39 is 23.0 Å². The fourth-order valence-corrected chi connectivity index (χ4v) is 3.75. The summed E-state index contributed by atoms with van der Waals surface area (Å²) in [4.78, 5) is 36.7. The number of anilines is 2. The van der Waals surface area contributed by atoms with Crippen LogP contribution in [0, 0.1) is 10.1 Å². The van der Waals surface area contributed by atoms with Crippen LogP contribution in [-0.4, -0.2) is 16.9 Å². The third-order valence-corrected chi connectivity index (χ3v) is 5.15. The third kappa shape index (κ3) is 4.09. The summed E-state index contributed by atoms with van der Waals surface area (Å²) >= 11 is 0. The lowest BCUT2D eigenvalue weighted by atomic mass is 10.0. The van der Waals surface area contributed by atoms with Crippen molar-refractivity contribution in [2.45, 2.75) is 18.9 Å². The Balaban J connectivity index is 1.63. The van der Waals surface area contributed by atoms with Crippen LogP contribution < -0.4 is 10.6 Å². The summed E-state index contributed by atoms with van der Waals surface area (Å²) in [5, 5.41) is 10.8. The van der Waals surface area contributed by atoms with E-state index in [1.165, 1.54) is 29.2 Å². The van der Waals surface area contributed by atoms with Gasteiger partial charge in [-0.15, -0.1) is 0 Å². The lowest BCUT2D eigenvalue weighted by Crippen LogP contribution is -2.32. The highest BCUT2D eigenvalue weighted by atomic mass is 16.6. The van der Waals surface area contributed by atoms with Crippen molar-refractivity contribution >= 4 is 29.1 Å². The Kier molecular flexibility index (Phi) is 5.36. The molecular formula is C23H19N3O5. The lowest BCUT2D eigenvalue weighted by Gasteiger charge is -2.23. The second-order valence-corrected chi connectivity index (χ2v) is 7.14. The number of para-hydroxylation sites is 2. The largest absolute Gasteiger partial charge is 0.457 e. The van der Waals surface area contributed by atoms with Gasteiger partial charge >= 0.3 is 12.0 Å². The van der Waals surface area contributed by atoms with Crippen LogP contribution in [0.15, 0.2) is 72.8 Å². The van der Waals surface area contributed by atoms with Crippen LogP contribution in [0.4, 0.5) is 21.9 Å². The summed E-state index contributed by atoms with van der Waals surface area (Å²) < 4.78 is 5.81. The number of esters is 1. The maximum atomic E-state index is 12.7. The number of amides is 2. The Hall–Kier alpha value is -4.20. The summed E-state index contributed by atoms with van der Waals surface area (Å²) in [5.41, 5.74) is 8.96. The molecule has 1 aliphatic heterocycles. The minimum Gasteiger partial charge on any atom is -0.457 e. The second kappa shape index (κ2) is 8.27. The van der Waals surface area contributed by atoms with Gasteiger partial charge in [-0.25, -0.2) is 4.79 Å². The number of ether oxygens (including phenoxy) is 1. The van der Waals surface area contributed by atoms with E-state index in [4.69, 9.17) is 10.5 Å². The van der Waals surface area contributed by atoms with Crippen LogP contribution in [0.2, 0.25) is 0 Å². The molecule has 0 radical (unpaired) electrons. The SMILES string of the molecule is NC(=O)N1c2ccccc2C[C@@H](OC(=O)Cc2ccc([N+](=O)[O-])cc2)c2ccccc21. The molecule has 3 aromatic rings. The quantitative estimate of drug-likeness (QED) is 0.388. The first-order chi connectivity index (χ1) is 14.9. The van der Waals surface area contributed by atoms with E-state index in [0.29, 0.717) is 28.9 Å². The molecule has 0 unspecified atom stereocenters. The van der Waals surface area contributed by atoms with Crippen LogP contribution >= 0.6 is 0 Å². The van der Waals surface area contributed by atoms with Gasteiger partial charge in [-0.2, -0.15) is 0 Å². The molecule has 8 heteroatoms. The normalized spacial score (nSPS) is 14.7. The molecule has 0 aliphatic carbocycles. The van der Waals surface area contributed by atoms with Crippen LogP contribution in [0.1, 0.15) is 22.8 Å². The zero-order valence-corrected chi connectivity index (χ0v) is 16.4. The van der Waals surface area contributed by atoms with Crippen molar-refractivity contribution in [3.05, 3.63) is 99.6 Å². The maximum Gasteiger partial charge on any atom is 0.323 e. The van der Waals surface area contributed by atoms with Crippen molar-refractivity contribution in [2.24, 2.45) is 5.73 Å². The number of carbonyl (C=O) groups is 2. The Morgan fingerprint density at radius 1 is 1.00 bits per heavy atom. The Bertz CT molecular complexity index is 1160. The van der Waals surface area contributed by atoms with Crippen LogP contribution in [0.5, 0.6) is 0 Å². The molecule has 2 amide bonds. The number of non-ortho nitro benzene ring substituents is 1. The molecule has 0 spiro atoms. The average Bonchev–Trinajstić information content (AvgIpc) is 2.88. The van der Waals surface area contributed by atoms with Crippen LogP contribution in [0.3, 0.4) is 0 Å². The van der Waals surface area contributed by atoms with E-state index in [1.807, 2.05) is 24.3 Å². The maximum absolute atomic E-state index is 12.7. The number of hydrogen-bond acceptors (Lipinski definition) is 5. The van der Waals surface area contributed by atoms with E-state index in [2.05, 4.69) is 0 Å². The second-order valence-electron chi connectivity index (χ2n) is 7.14. The van der Waals surface area contributed by atoms with Crippen molar-refractivity contribution in [3.8, 4) is 0 Å². The number of carbonyl (C=O) groups excluding carboxylic acids is 2. The molecule has 0 saturated heterocycles. The number of nitrogens with zero attached hydrogens (tertiary/aromatic N) is 2. The first-order valence-electron chi connectivity index (χ1n) is 9.63. The molecule has 4 rings (SSSR count). The van der Waals surface area contributed by atoms with E-state index in [1.54, 1.807) is 24.3 Å². The standard InChI is InChI=1S/C23H19N3O5/c24-23(28)25-19-7-3-1-5-16(19)14-21(18-6-2-4-8-20(18)25)31-22(27)13-15-9-11-17(12-10-15)26(29)30/h1-12,21H,13-14H2,(H2,24,28)/t21-/m1/s1. The molecular weight excluding hydrogens is 398 g/mol. The van der Waals surface area contributed by atoms with Gasteiger partial charge in [0.05, 0.1) is 22.7 Å². The molecule has 1 aliphatic rings. The van der Waals surface area contributed by atoms with Crippen molar-refractivity contribution in [1.29, 1.82) is 0 Å². The topological polar surface area (TPSA) is 116 Å². The highest BCUT2D eigenvalue weighted by Crippen LogP contribution is 2.41. The number of urea groups is 1. The van der Waals surface area contributed by atoms with E-state index in [-0.39, 0.29) is 12.1 Å². The van der Waals surface area contributed by atoms with E-state index >= 15 is 0 Å². The fraction of sp³-hybridized carbons (Fsp3) is 0.130. The number of fused-ring (bicyclic) bond motifs is 2. The smallest absolute Gasteiger partial charge is 0.323 e. The average molecular weight is 417 g/mol. The van der Waals surface area contributed by atoms with Gasteiger partial charge in [0.25, 0.3) is 5.69 Å². The van der Waals surface area contributed by atoms with Crippen LogP contribution in [-0.2, 0) is 22.4 Å². The molecule has 156 valence electrons. The summed E-state index contributed by atoms with van der Waals surface area (Å²) in [5.74, 6) is -0.473. The summed E-state index contributed by atoms with van der Waals surface area (Å²) in [6.45, 7) is 0. The van der Waals surface area contributed by atoms with Gasteiger partial charge in [0, 0.05) is 24.1 Å². The number of primary amides is 1. The van der Waals surface area contributed by atoms with Gasteiger partial charge in [-0.05, 0) is 23.3 Å². The minimum absolute atomic E-state index is 0.0299. The minimum atomic E-state index is -0.627. The lowest BCUT2D eigenvalue weighted by molar-refractivity contribution is -0.384. The molecule has 31 heavy (non-hydrogen) atoms. The summed E-state index contributed by atoms with van der Waals surface area (Å²) in [7, 11) is 0. The fourth-order valence-electron chi connectivity index (χ4n) is 3.75. The van der Waals surface area contributed by atoms with Gasteiger partial charge in [-0.3, -0.25) is 19.8 Å². The molecule has 2 N–H and O–H groups in total. The monoisotopic (exact) mass is 417 g/mol. The first kappa shape index (κ1) is 20.1. The van der Waals surface area contributed by atoms with E-state index in [9.17, 15) is 19.7 Å². The van der Waals surface area contributed by atoms with Crippen molar-refractivity contribution < 1.29 is 19.2 Å². The molecule has 1 atom stereocenters. The van der Waals surface area contributed by atoms with Gasteiger partial charge in [-0.1, -0.05) is 48.5 Å². The summed E-state index contributed by atoms with van der Waals surface area (Å²) in [6, 6.07) is 19.7. The third-order valence-electron chi connectivity index (χ3n) is 5.15. The number of hydrogen-bond donors (Lipinski definition) is 1. The molecule has 8 nitrogen and oxygen atoms in total. The molecule has 0 bridgehead atoms. The molecule has 0 fully saturated rings. The van der Waals surface area contributed by atoms with Gasteiger partial charge in [0.2, 0.25) is 0 Å². The van der Waals surface area contributed by atoms with Crippen molar-refractivity contribution in [3.63, 3.8) is 0 Å². The van der Waals surface area contributed by atoms with Crippen LogP contribution in [0.25, 0.3) is 0 Å². The Morgan fingerprint density at radius 3 is 2.32 bits per heavy atom. The number of nitro groups is 1.